The summed E-state index contributed by atoms with van der Waals surface area (Å²) in [7, 11) is 1.91. The Morgan fingerprint density at radius 2 is 1.82 bits per heavy atom. The summed E-state index contributed by atoms with van der Waals surface area (Å²) in [4.78, 5) is 50.2. The van der Waals surface area contributed by atoms with Crippen LogP contribution in [-0.2, 0) is 11.3 Å². The minimum atomic E-state index is -0.676. The number of quaternary nitrogens is 1. The van der Waals surface area contributed by atoms with E-state index in [9.17, 15) is 23.3 Å². The van der Waals surface area contributed by atoms with Crippen molar-refractivity contribution in [3.63, 3.8) is 0 Å². The minimum absolute atomic E-state index is 0.00713. The molecule has 1 atom stereocenters. The van der Waals surface area contributed by atoms with Crippen molar-refractivity contribution in [3.05, 3.63) is 117 Å². The number of rotatable bonds is 10. The molecule has 2 aromatic heterocycles. The lowest BCUT2D eigenvalue weighted by Gasteiger charge is -2.30. The molecule has 50 heavy (non-hydrogen) atoms. The minimum Gasteiger partial charge on any atom is -0.348 e. The van der Waals surface area contributed by atoms with Crippen molar-refractivity contribution in [1.82, 2.24) is 35.2 Å². The fourth-order valence-corrected chi connectivity index (χ4v) is 6.79. The number of pyridine rings is 1. The van der Waals surface area contributed by atoms with E-state index in [1.807, 2.05) is 37.4 Å². The van der Waals surface area contributed by atoms with Crippen LogP contribution in [0.2, 0.25) is 0 Å². The van der Waals surface area contributed by atoms with Crippen LogP contribution in [0.1, 0.15) is 37.3 Å². The maximum absolute atomic E-state index is 14.5. The molecule has 0 bridgehead atoms. The van der Waals surface area contributed by atoms with Crippen molar-refractivity contribution in [2.24, 2.45) is 4.99 Å². The van der Waals surface area contributed by atoms with Crippen molar-refractivity contribution >= 4 is 22.8 Å². The molecule has 0 radical (unpaired) electrons. The fraction of sp³-hybridized carbons (Fsp3) is 0.306. The molecule has 1 aliphatic carbocycles. The number of aromatic nitrogens is 3. The van der Waals surface area contributed by atoms with Gasteiger partial charge in [-0.1, -0.05) is 40.9 Å². The molecule has 1 amide bonds. The summed E-state index contributed by atoms with van der Waals surface area (Å²) < 4.78 is 30.7. The number of carbonyl (C=O) groups excluding carboxylic acids is 1. The van der Waals surface area contributed by atoms with Gasteiger partial charge >= 0.3 is 5.69 Å². The molecule has 14 heteroatoms. The van der Waals surface area contributed by atoms with Crippen LogP contribution in [0.5, 0.6) is 0 Å². The van der Waals surface area contributed by atoms with E-state index in [-0.39, 0.29) is 35.3 Å². The molecule has 1 saturated carbocycles. The highest BCUT2D eigenvalue weighted by atomic mass is 19.2. The van der Waals surface area contributed by atoms with Crippen LogP contribution < -0.4 is 32.1 Å². The van der Waals surface area contributed by atoms with E-state index < -0.39 is 23.1 Å². The highest BCUT2D eigenvalue weighted by Gasteiger charge is 2.32. The van der Waals surface area contributed by atoms with E-state index >= 15 is 0 Å². The summed E-state index contributed by atoms with van der Waals surface area (Å²) >= 11 is 0. The maximum Gasteiger partial charge on any atom is 0.337 e. The molecular weight excluding hydrogens is 644 g/mol. The first-order chi connectivity index (χ1) is 24.3. The number of nitrogens with one attached hydrogen (secondary N) is 4. The quantitative estimate of drug-likeness (QED) is 0.149. The van der Waals surface area contributed by atoms with Crippen LogP contribution in [0.4, 0.5) is 8.87 Å². The fourth-order valence-electron chi connectivity index (χ4n) is 6.79. The summed E-state index contributed by atoms with van der Waals surface area (Å²) in [5.74, 6) is -0.466. The van der Waals surface area contributed by atoms with Crippen molar-refractivity contribution in [2.75, 3.05) is 26.8 Å². The Kier molecular flexibility index (Phi) is 9.48. The predicted molar refractivity (Wildman–Crippen MR) is 185 cm³/mol. The molecule has 7 rings (SSSR count). The highest BCUT2D eigenvalue weighted by molar-refractivity contribution is 5.99. The number of carbonyl (C=O) groups is 1. The van der Waals surface area contributed by atoms with Gasteiger partial charge in [-0.15, -0.1) is 0 Å². The molecule has 258 valence electrons. The average molecular weight is 683 g/mol. The van der Waals surface area contributed by atoms with Crippen LogP contribution in [0.15, 0.2) is 99.5 Å². The van der Waals surface area contributed by atoms with Crippen LogP contribution >= 0.6 is 0 Å². The van der Waals surface area contributed by atoms with E-state index in [2.05, 4.69) is 38.1 Å². The second-order valence-electron chi connectivity index (χ2n) is 12.7. The first-order valence-corrected chi connectivity index (χ1v) is 16.7. The molecule has 0 spiro atoms. The predicted octanol–water partition coefficient (Wildman–Crippen LogP) is 2.07. The highest BCUT2D eigenvalue weighted by Crippen LogP contribution is 2.28. The molecule has 0 saturated heterocycles. The van der Waals surface area contributed by atoms with E-state index in [4.69, 9.17) is 0 Å². The van der Waals surface area contributed by atoms with Crippen LogP contribution in [0.3, 0.4) is 0 Å². The third-order valence-electron chi connectivity index (χ3n) is 9.39. The number of nitrogens with zero attached hydrogens (tertiary/aromatic N) is 5. The van der Waals surface area contributed by atoms with Crippen LogP contribution in [0, 0.1) is 5.82 Å². The van der Waals surface area contributed by atoms with Crippen molar-refractivity contribution in [1.29, 1.82) is 0 Å². The third kappa shape index (κ3) is 6.77. The van der Waals surface area contributed by atoms with Crippen LogP contribution in [-0.4, -0.2) is 63.8 Å². The Morgan fingerprint density at radius 1 is 1.02 bits per heavy atom. The van der Waals surface area contributed by atoms with Gasteiger partial charge in [0.1, 0.15) is 12.0 Å². The van der Waals surface area contributed by atoms with Gasteiger partial charge in [-0.2, -0.15) is 10.1 Å². The summed E-state index contributed by atoms with van der Waals surface area (Å²) in [6.45, 7) is 2.51. The Morgan fingerprint density at radius 3 is 2.60 bits per heavy atom. The summed E-state index contributed by atoms with van der Waals surface area (Å²) in [5.41, 5.74) is 2.60. The normalized spacial score (nSPS) is 20.1. The standard InChI is InChI=1S/C36H37F2N9O3/c1-39-14-15-40-19-23-5-7-24(8-6-23)25-3-2-4-29(17-25)46-33-30(18-26(37)20-41-33)35(49)47(36(46)50)28-11-9-27(10-12-28)42-34(48)31-21-44-22-45(38)16-13-32(44)43-31/h2-8,13,16-18,20-21,27-28,39-40H,9-12,14-15,19,22H2,1H3,(H,42,48)/p+1. The van der Waals surface area contributed by atoms with E-state index in [1.165, 1.54) is 21.4 Å². The summed E-state index contributed by atoms with van der Waals surface area (Å²) in [5, 5.41) is 10.0. The smallest absolute Gasteiger partial charge is 0.337 e. The van der Waals surface area contributed by atoms with E-state index in [0.717, 1.165) is 48.6 Å². The van der Waals surface area contributed by atoms with Gasteiger partial charge in [0.05, 0.1) is 17.3 Å². The van der Waals surface area contributed by atoms with Gasteiger partial charge in [-0.3, -0.25) is 14.2 Å². The summed E-state index contributed by atoms with van der Waals surface area (Å²) in [6.07, 6.45) is 7.29. The number of hydrogen-bond acceptors (Lipinski definition) is 8. The zero-order chi connectivity index (χ0) is 34.8. The maximum atomic E-state index is 14.5. The lowest BCUT2D eigenvalue weighted by atomic mass is 9.90. The second kappa shape index (κ2) is 14.3. The number of amidine groups is 1. The van der Waals surface area contributed by atoms with Gasteiger partial charge in [0, 0.05) is 44.0 Å². The number of amides is 1. The molecule has 1 unspecified atom stereocenters. The Balaban J connectivity index is 1.13. The zero-order valence-electron chi connectivity index (χ0n) is 27.5. The average Bonchev–Trinajstić information content (AvgIpc) is 3.55. The topological polar surface area (TPSA) is 130 Å². The lowest BCUT2D eigenvalue weighted by molar-refractivity contribution is -0.763. The molecule has 2 aliphatic heterocycles. The van der Waals surface area contributed by atoms with Crippen molar-refractivity contribution in [3.8, 4) is 16.8 Å². The Hall–Kier alpha value is -5.31. The SMILES string of the molecule is CNCCNCc1ccc(-c2cccc(-n3c(=O)n(C4CCC(NC(=O)C5=C[NH+]6CN(F)C=CC6=N5)CC4)c(=O)c4cc(F)cnc43)c2)cc1. The molecule has 4 heterocycles. The van der Waals surface area contributed by atoms with Crippen LogP contribution in [0.25, 0.3) is 27.8 Å². The molecule has 4 N–H and O–H groups in total. The molecule has 3 aliphatic rings. The number of hydrogen-bond donors (Lipinski definition) is 4. The van der Waals surface area contributed by atoms with Crippen molar-refractivity contribution in [2.45, 2.75) is 44.3 Å². The van der Waals surface area contributed by atoms with Crippen molar-refractivity contribution < 1.29 is 18.6 Å². The molecule has 1 fully saturated rings. The molecule has 4 aromatic rings. The largest absolute Gasteiger partial charge is 0.348 e. The number of aliphatic imine (C=N–C) groups is 1. The first-order valence-electron chi connectivity index (χ1n) is 16.7. The molecular formula is C36H38F2N9O3+. The summed E-state index contributed by atoms with van der Waals surface area (Å²) in [6, 6.07) is 16.0. The molecule has 12 nitrogen and oxygen atoms in total. The van der Waals surface area contributed by atoms with Gasteiger partial charge in [0.25, 0.3) is 11.5 Å². The molecule has 2 aromatic carbocycles. The Bertz CT molecular complexity index is 2130. The number of fused-ring (bicyclic) bond motifs is 2. The van der Waals surface area contributed by atoms with E-state index in [0.29, 0.717) is 47.2 Å². The lowest BCUT2D eigenvalue weighted by Crippen LogP contribution is -3.11. The second-order valence-corrected chi connectivity index (χ2v) is 12.7. The number of halogens is 2. The zero-order valence-corrected chi connectivity index (χ0v) is 27.5. The monoisotopic (exact) mass is 682 g/mol. The number of likely N-dealkylation sites (N-methyl/N-ethyl adjacent to an activating group) is 1. The van der Waals surface area contributed by atoms with Gasteiger partial charge in [-0.25, -0.2) is 23.6 Å². The first kappa shape index (κ1) is 33.2. The van der Waals surface area contributed by atoms with Gasteiger partial charge in [-0.05, 0) is 67.6 Å². The Labute approximate surface area is 286 Å². The van der Waals surface area contributed by atoms with E-state index in [1.54, 1.807) is 12.3 Å². The number of benzene rings is 2. The van der Waals surface area contributed by atoms with Gasteiger partial charge in [0.15, 0.2) is 18.0 Å². The van der Waals surface area contributed by atoms with Gasteiger partial charge in [0.2, 0.25) is 5.84 Å². The third-order valence-corrected chi connectivity index (χ3v) is 9.39. The van der Waals surface area contributed by atoms with Gasteiger partial charge < -0.3 is 16.0 Å².